The van der Waals surface area contributed by atoms with Crippen LogP contribution in [0.1, 0.15) is 26.2 Å². The Balaban J connectivity index is 2.26. The molecule has 0 bridgehead atoms. The van der Waals surface area contributed by atoms with Gasteiger partial charge < -0.3 is 14.6 Å². The van der Waals surface area contributed by atoms with Crippen LogP contribution in [0.3, 0.4) is 0 Å². The van der Waals surface area contributed by atoms with Crippen LogP contribution in [0.5, 0.6) is 0 Å². The maximum absolute atomic E-state index is 10.9. The summed E-state index contributed by atoms with van der Waals surface area (Å²) >= 11 is 0. The highest BCUT2D eigenvalue weighted by atomic mass is 16.2. The lowest BCUT2D eigenvalue weighted by Crippen LogP contribution is -2.43. The standard InChI is InChI=1S/C9H18BNO2/c1-8(12)7-9-3-5-11(6-4-9)10(2)13/h9,13H,3-7H2,1-2H3. The second kappa shape index (κ2) is 4.77. The van der Waals surface area contributed by atoms with Gasteiger partial charge in [0, 0.05) is 6.42 Å². The van der Waals surface area contributed by atoms with Crippen molar-refractivity contribution < 1.29 is 9.82 Å². The molecule has 1 fully saturated rings. The average Bonchev–Trinajstić information content (AvgIpc) is 2.04. The maximum Gasteiger partial charge on any atom is 0.376 e. The third kappa shape index (κ3) is 3.49. The van der Waals surface area contributed by atoms with Crippen molar-refractivity contribution in [2.24, 2.45) is 5.92 Å². The predicted octanol–water partition coefficient (Wildman–Crippen LogP) is 0.788. The van der Waals surface area contributed by atoms with E-state index < -0.39 is 0 Å². The number of carbonyl (C=O) groups excluding carboxylic acids is 1. The Bertz CT molecular complexity index is 176. The van der Waals surface area contributed by atoms with E-state index in [4.69, 9.17) is 0 Å². The van der Waals surface area contributed by atoms with Crippen LogP contribution in [-0.4, -0.2) is 35.8 Å². The average molecular weight is 183 g/mol. The number of hydrogen-bond acceptors (Lipinski definition) is 3. The molecule has 0 unspecified atom stereocenters. The summed E-state index contributed by atoms with van der Waals surface area (Å²) in [5, 5.41) is 9.30. The number of carbonyl (C=O) groups is 1. The molecule has 0 aromatic carbocycles. The fourth-order valence-electron chi connectivity index (χ4n) is 1.94. The van der Waals surface area contributed by atoms with Crippen LogP contribution in [0, 0.1) is 5.92 Å². The molecule has 0 radical (unpaired) electrons. The van der Waals surface area contributed by atoms with Crippen LogP contribution < -0.4 is 0 Å². The molecule has 0 aromatic heterocycles. The van der Waals surface area contributed by atoms with E-state index in [1.807, 2.05) is 0 Å². The number of piperidine rings is 1. The topological polar surface area (TPSA) is 40.5 Å². The number of ketones is 1. The van der Waals surface area contributed by atoms with Crippen molar-refractivity contribution in [2.45, 2.75) is 33.0 Å². The van der Waals surface area contributed by atoms with Crippen LogP contribution in [0.25, 0.3) is 0 Å². The summed E-state index contributed by atoms with van der Waals surface area (Å²) in [5.74, 6) is 0.836. The summed E-state index contributed by atoms with van der Waals surface area (Å²) in [4.78, 5) is 12.9. The lowest BCUT2D eigenvalue weighted by Gasteiger charge is -2.32. The van der Waals surface area contributed by atoms with Crippen LogP contribution >= 0.6 is 0 Å². The first-order chi connectivity index (χ1) is 6.09. The zero-order chi connectivity index (χ0) is 9.84. The molecule has 0 spiro atoms. The SMILES string of the molecule is CB(O)N1CCC(CC(C)=O)CC1. The lowest BCUT2D eigenvalue weighted by atomic mass is 9.80. The first-order valence-electron chi connectivity index (χ1n) is 5.01. The minimum absolute atomic E-state index is 0.287. The van der Waals surface area contributed by atoms with E-state index in [0.717, 1.165) is 25.9 Å². The lowest BCUT2D eigenvalue weighted by molar-refractivity contribution is -0.118. The number of nitrogens with zero attached hydrogens (tertiary/aromatic N) is 1. The van der Waals surface area contributed by atoms with Crippen molar-refractivity contribution in [1.82, 2.24) is 4.81 Å². The van der Waals surface area contributed by atoms with Gasteiger partial charge in [0.25, 0.3) is 0 Å². The Morgan fingerprint density at radius 1 is 1.54 bits per heavy atom. The quantitative estimate of drug-likeness (QED) is 0.657. The summed E-state index contributed by atoms with van der Waals surface area (Å²) in [7, 11) is -0.335. The van der Waals surface area contributed by atoms with Gasteiger partial charge in [0.2, 0.25) is 0 Å². The molecule has 1 heterocycles. The minimum Gasteiger partial charge on any atom is -0.437 e. The first kappa shape index (κ1) is 10.7. The van der Waals surface area contributed by atoms with Crippen molar-refractivity contribution in [3.05, 3.63) is 0 Å². The first-order valence-corrected chi connectivity index (χ1v) is 5.01. The van der Waals surface area contributed by atoms with Gasteiger partial charge in [-0.15, -0.1) is 0 Å². The van der Waals surface area contributed by atoms with Gasteiger partial charge in [0.15, 0.2) is 0 Å². The molecule has 1 saturated heterocycles. The van der Waals surface area contributed by atoms with E-state index >= 15 is 0 Å². The summed E-state index contributed by atoms with van der Waals surface area (Å²) in [6.45, 7) is 5.30. The summed E-state index contributed by atoms with van der Waals surface area (Å²) in [6.07, 6.45) is 2.81. The molecule has 1 rings (SSSR count). The molecule has 1 aliphatic rings. The van der Waals surface area contributed by atoms with Crippen LogP contribution in [-0.2, 0) is 4.79 Å². The van der Waals surface area contributed by atoms with Gasteiger partial charge in [-0.2, -0.15) is 0 Å². The highest BCUT2D eigenvalue weighted by Crippen LogP contribution is 2.20. The van der Waals surface area contributed by atoms with E-state index in [0.29, 0.717) is 12.3 Å². The molecule has 4 heteroatoms. The largest absolute Gasteiger partial charge is 0.437 e. The normalized spacial score (nSPS) is 20.2. The van der Waals surface area contributed by atoms with E-state index in [9.17, 15) is 9.82 Å². The van der Waals surface area contributed by atoms with Crippen LogP contribution in [0.4, 0.5) is 0 Å². The molecule has 13 heavy (non-hydrogen) atoms. The second-order valence-corrected chi connectivity index (χ2v) is 4.02. The Morgan fingerprint density at radius 3 is 2.46 bits per heavy atom. The summed E-state index contributed by atoms with van der Waals surface area (Å²) in [5.41, 5.74) is 0. The van der Waals surface area contributed by atoms with Gasteiger partial charge in [0.1, 0.15) is 5.78 Å². The molecule has 1 aliphatic heterocycles. The number of rotatable bonds is 3. The van der Waals surface area contributed by atoms with Gasteiger partial charge in [-0.05, 0) is 45.6 Å². The van der Waals surface area contributed by atoms with E-state index in [-0.39, 0.29) is 12.8 Å². The van der Waals surface area contributed by atoms with E-state index in [1.54, 1.807) is 13.7 Å². The molecule has 0 atom stereocenters. The molecular formula is C9H18BNO2. The summed E-state index contributed by atoms with van der Waals surface area (Å²) in [6, 6.07) is 0. The Kier molecular flexibility index (Phi) is 3.94. The molecule has 0 saturated carbocycles. The third-order valence-electron chi connectivity index (χ3n) is 2.75. The molecule has 0 amide bonds. The van der Waals surface area contributed by atoms with Crippen LogP contribution in [0.15, 0.2) is 0 Å². The maximum atomic E-state index is 10.9. The molecule has 0 aliphatic carbocycles. The summed E-state index contributed by atoms with van der Waals surface area (Å²) < 4.78 is 0. The van der Waals surface area contributed by atoms with Crippen molar-refractivity contribution in [3.8, 4) is 0 Å². The Morgan fingerprint density at radius 2 is 2.08 bits per heavy atom. The minimum atomic E-state index is -0.335. The van der Waals surface area contributed by atoms with Gasteiger partial charge in [-0.3, -0.25) is 0 Å². The van der Waals surface area contributed by atoms with Gasteiger partial charge in [-0.25, -0.2) is 0 Å². The predicted molar refractivity (Wildman–Crippen MR) is 53.4 cm³/mol. The number of Topliss-reactive ketones (excluding diaryl/α,β-unsaturated/α-hetero) is 1. The fourth-order valence-corrected chi connectivity index (χ4v) is 1.94. The number of hydrogen-bond donors (Lipinski definition) is 1. The zero-order valence-electron chi connectivity index (χ0n) is 8.49. The molecule has 74 valence electrons. The van der Waals surface area contributed by atoms with Gasteiger partial charge in [-0.1, -0.05) is 0 Å². The Hall–Kier alpha value is -0.345. The Labute approximate surface area is 80.2 Å². The molecule has 1 N–H and O–H groups in total. The fraction of sp³-hybridized carbons (Fsp3) is 0.889. The van der Waals surface area contributed by atoms with Crippen molar-refractivity contribution in [2.75, 3.05) is 13.1 Å². The van der Waals surface area contributed by atoms with Crippen molar-refractivity contribution in [1.29, 1.82) is 0 Å². The highest BCUT2D eigenvalue weighted by molar-refractivity contribution is 6.45. The molecular weight excluding hydrogens is 165 g/mol. The highest BCUT2D eigenvalue weighted by Gasteiger charge is 2.24. The van der Waals surface area contributed by atoms with Crippen molar-refractivity contribution >= 4 is 12.8 Å². The monoisotopic (exact) mass is 183 g/mol. The second-order valence-electron chi connectivity index (χ2n) is 4.02. The van der Waals surface area contributed by atoms with Crippen LogP contribution in [0.2, 0.25) is 6.82 Å². The van der Waals surface area contributed by atoms with Crippen molar-refractivity contribution in [3.63, 3.8) is 0 Å². The zero-order valence-corrected chi connectivity index (χ0v) is 8.49. The van der Waals surface area contributed by atoms with E-state index in [1.165, 1.54) is 0 Å². The van der Waals surface area contributed by atoms with E-state index in [2.05, 4.69) is 4.81 Å². The molecule has 0 aromatic rings. The molecule has 3 nitrogen and oxygen atoms in total. The smallest absolute Gasteiger partial charge is 0.376 e. The van der Waals surface area contributed by atoms with Gasteiger partial charge >= 0.3 is 7.05 Å². The van der Waals surface area contributed by atoms with Gasteiger partial charge in [0.05, 0.1) is 0 Å². The third-order valence-corrected chi connectivity index (χ3v) is 2.75.